The summed E-state index contributed by atoms with van der Waals surface area (Å²) in [5, 5.41) is 0. The van der Waals surface area contributed by atoms with Crippen LogP contribution in [-0.4, -0.2) is 6.71 Å². The van der Waals surface area contributed by atoms with E-state index >= 15 is 0 Å². The lowest BCUT2D eigenvalue weighted by molar-refractivity contribution is 0.483. The summed E-state index contributed by atoms with van der Waals surface area (Å²) in [5.41, 5.74) is 1.33. The molecule has 0 bridgehead atoms. The molecule has 16 heavy (non-hydrogen) atoms. The number of ether oxygens (including phenoxy) is 1. The van der Waals surface area contributed by atoms with E-state index in [9.17, 15) is 0 Å². The lowest BCUT2D eigenvalue weighted by Gasteiger charge is -2.07. The van der Waals surface area contributed by atoms with Crippen molar-refractivity contribution < 1.29 is 4.74 Å². The van der Waals surface area contributed by atoms with Gasteiger partial charge in [0.2, 0.25) is 0 Å². The van der Waals surface area contributed by atoms with Gasteiger partial charge < -0.3 is 4.74 Å². The van der Waals surface area contributed by atoms with E-state index in [4.69, 9.17) is 4.74 Å². The Hall–Kier alpha value is -1.70. The number of hydrogen-bond donors (Lipinski definition) is 0. The highest BCUT2D eigenvalue weighted by Crippen LogP contribution is 2.19. The van der Waals surface area contributed by atoms with E-state index in [2.05, 4.69) is 25.8 Å². The van der Waals surface area contributed by atoms with Crippen LogP contribution in [0.1, 0.15) is 0 Å². The minimum Gasteiger partial charge on any atom is -0.457 e. The SMILES string of the molecule is CB(C)c1ccc(Oc2ccccc2)cc1. The van der Waals surface area contributed by atoms with Gasteiger partial charge in [0.25, 0.3) is 0 Å². The maximum Gasteiger partial charge on any atom is 0.169 e. The second kappa shape index (κ2) is 4.89. The van der Waals surface area contributed by atoms with Crippen LogP contribution in [0.2, 0.25) is 13.6 Å². The van der Waals surface area contributed by atoms with Gasteiger partial charge >= 0.3 is 0 Å². The van der Waals surface area contributed by atoms with Gasteiger partial charge in [0.15, 0.2) is 6.71 Å². The first kappa shape index (κ1) is 10.8. The van der Waals surface area contributed by atoms with Gasteiger partial charge in [0.1, 0.15) is 11.5 Å². The summed E-state index contributed by atoms with van der Waals surface area (Å²) in [6.07, 6.45) is 0. The van der Waals surface area contributed by atoms with Crippen molar-refractivity contribution in [2.45, 2.75) is 13.6 Å². The maximum atomic E-state index is 5.71. The van der Waals surface area contributed by atoms with E-state index in [1.807, 2.05) is 42.5 Å². The van der Waals surface area contributed by atoms with Crippen molar-refractivity contribution in [3.63, 3.8) is 0 Å². The molecule has 0 saturated heterocycles. The van der Waals surface area contributed by atoms with E-state index in [1.165, 1.54) is 5.46 Å². The highest BCUT2D eigenvalue weighted by molar-refractivity contribution is 6.70. The number of benzene rings is 2. The van der Waals surface area contributed by atoms with Crippen LogP contribution in [0.25, 0.3) is 0 Å². The molecule has 2 aromatic carbocycles. The molecule has 0 fully saturated rings. The Balaban J connectivity index is 2.11. The Labute approximate surface area is 97.2 Å². The van der Waals surface area contributed by atoms with Gasteiger partial charge in [-0.1, -0.05) is 49.4 Å². The average molecular weight is 210 g/mol. The normalized spacial score (nSPS) is 9.88. The van der Waals surface area contributed by atoms with Crippen LogP contribution in [-0.2, 0) is 0 Å². The van der Waals surface area contributed by atoms with Crippen molar-refractivity contribution in [3.05, 3.63) is 54.6 Å². The number of hydrogen-bond acceptors (Lipinski definition) is 1. The molecule has 0 aromatic heterocycles. The average Bonchev–Trinajstić information content (AvgIpc) is 2.31. The minimum absolute atomic E-state index is 0.561. The van der Waals surface area contributed by atoms with Crippen molar-refractivity contribution in [3.8, 4) is 11.5 Å². The monoisotopic (exact) mass is 210 g/mol. The highest BCUT2D eigenvalue weighted by Gasteiger charge is 2.02. The van der Waals surface area contributed by atoms with Gasteiger partial charge in [0, 0.05) is 0 Å². The lowest BCUT2D eigenvalue weighted by atomic mass is 9.49. The molecular formula is C14H15BO. The summed E-state index contributed by atoms with van der Waals surface area (Å²) in [6.45, 7) is 4.94. The zero-order valence-electron chi connectivity index (χ0n) is 9.68. The zero-order chi connectivity index (χ0) is 11.4. The molecule has 1 nitrogen and oxygen atoms in total. The second-order valence-electron chi connectivity index (χ2n) is 4.14. The van der Waals surface area contributed by atoms with Crippen LogP contribution in [0.15, 0.2) is 54.6 Å². The molecule has 0 atom stereocenters. The fraction of sp³-hybridized carbons (Fsp3) is 0.143. The van der Waals surface area contributed by atoms with Gasteiger partial charge in [-0.15, -0.1) is 0 Å². The minimum atomic E-state index is 0.561. The van der Waals surface area contributed by atoms with Crippen LogP contribution < -0.4 is 10.2 Å². The first-order valence-corrected chi connectivity index (χ1v) is 5.58. The van der Waals surface area contributed by atoms with E-state index in [0.29, 0.717) is 6.71 Å². The maximum absolute atomic E-state index is 5.71. The number of rotatable bonds is 3. The summed E-state index contributed by atoms with van der Waals surface area (Å²) >= 11 is 0. The molecule has 0 amide bonds. The molecule has 0 spiro atoms. The van der Waals surface area contributed by atoms with Crippen molar-refractivity contribution in [1.82, 2.24) is 0 Å². The predicted octanol–water partition coefficient (Wildman–Crippen LogP) is 3.44. The van der Waals surface area contributed by atoms with Crippen molar-refractivity contribution in [2.24, 2.45) is 0 Å². The summed E-state index contributed by atoms with van der Waals surface area (Å²) in [4.78, 5) is 0. The standard InChI is InChI=1S/C14H15BO/c1-15(2)12-8-10-14(11-9-12)16-13-6-4-3-5-7-13/h3-11H,1-2H3. The molecule has 0 aliphatic rings. The molecule has 0 N–H and O–H groups in total. The highest BCUT2D eigenvalue weighted by atomic mass is 16.5. The molecule has 2 heteroatoms. The Morgan fingerprint density at radius 2 is 1.31 bits per heavy atom. The quantitative estimate of drug-likeness (QED) is 0.705. The smallest absolute Gasteiger partial charge is 0.169 e. The van der Waals surface area contributed by atoms with E-state index in [0.717, 1.165) is 11.5 Å². The zero-order valence-corrected chi connectivity index (χ0v) is 9.68. The largest absolute Gasteiger partial charge is 0.457 e. The van der Waals surface area contributed by atoms with E-state index in [1.54, 1.807) is 0 Å². The Bertz CT molecular complexity index is 434. The van der Waals surface area contributed by atoms with E-state index in [-0.39, 0.29) is 0 Å². The lowest BCUT2D eigenvalue weighted by Crippen LogP contribution is -2.21. The molecule has 2 aromatic rings. The van der Waals surface area contributed by atoms with Crippen LogP contribution in [0, 0.1) is 0 Å². The van der Waals surface area contributed by atoms with Crippen molar-refractivity contribution in [2.75, 3.05) is 0 Å². The second-order valence-corrected chi connectivity index (χ2v) is 4.14. The topological polar surface area (TPSA) is 9.23 Å². The van der Waals surface area contributed by atoms with Crippen molar-refractivity contribution >= 4 is 12.2 Å². The van der Waals surface area contributed by atoms with Gasteiger partial charge in [-0.05, 0) is 24.3 Å². The molecule has 0 heterocycles. The van der Waals surface area contributed by atoms with Crippen LogP contribution >= 0.6 is 0 Å². The first-order valence-electron chi connectivity index (χ1n) is 5.58. The molecule has 0 unspecified atom stereocenters. The third kappa shape index (κ3) is 2.66. The fourth-order valence-corrected chi connectivity index (χ4v) is 1.55. The summed E-state index contributed by atoms with van der Waals surface area (Å²) in [5.74, 6) is 1.76. The molecule has 0 saturated carbocycles. The Morgan fingerprint density at radius 3 is 1.88 bits per heavy atom. The van der Waals surface area contributed by atoms with Gasteiger partial charge in [-0.25, -0.2) is 0 Å². The molecule has 80 valence electrons. The fourth-order valence-electron chi connectivity index (χ4n) is 1.55. The van der Waals surface area contributed by atoms with Crippen LogP contribution in [0.5, 0.6) is 11.5 Å². The molecule has 0 aliphatic carbocycles. The van der Waals surface area contributed by atoms with E-state index < -0.39 is 0 Å². The van der Waals surface area contributed by atoms with Gasteiger partial charge in [0.05, 0.1) is 0 Å². The Kier molecular flexibility index (Phi) is 3.30. The van der Waals surface area contributed by atoms with Gasteiger partial charge in [-0.2, -0.15) is 0 Å². The number of para-hydroxylation sites is 1. The molecular weight excluding hydrogens is 195 g/mol. The van der Waals surface area contributed by atoms with Gasteiger partial charge in [-0.3, -0.25) is 0 Å². The summed E-state index contributed by atoms with van der Waals surface area (Å²) in [7, 11) is 0. The van der Waals surface area contributed by atoms with Crippen molar-refractivity contribution in [1.29, 1.82) is 0 Å². The first-order chi connectivity index (χ1) is 7.75. The molecule has 0 aliphatic heterocycles. The third-order valence-electron chi connectivity index (χ3n) is 2.53. The third-order valence-corrected chi connectivity index (χ3v) is 2.53. The Morgan fingerprint density at radius 1 is 0.750 bits per heavy atom. The molecule has 0 radical (unpaired) electrons. The molecule has 2 rings (SSSR count). The van der Waals surface area contributed by atoms with Crippen LogP contribution in [0.3, 0.4) is 0 Å². The predicted molar refractivity (Wildman–Crippen MR) is 70.1 cm³/mol. The van der Waals surface area contributed by atoms with Crippen LogP contribution in [0.4, 0.5) is 0 Å². The summed E-state index contributed by atoms with van der Waals surface area (Å²) < 4.78 is 5.71. The summed E-state index contributed by atoms with van der Waals surface area (Å²) in [6, 6.07) is 18.1.